The van der Waals surface area contributed by atoms with E-state index >= 15 is 0 Å². The van der Waals surface area contributed by atoms with Gasteiger partial charge in [-0.05, 0) is 25.1 Å². The van der Waals surface area contributed by atoms with Gasteiger partial charge in [0, 0.05) is 16.8 Å². The number of nitrogens with zero attached hydrogens (tertiary/aromatic N) is 4. The Labute approximate surface area is 167 Å². The van der Waals surface area contributed by atoms with Gasteiger partial charge in [0.15, 0.2) is 5.16 Å². The van der Waals surface area contributed by atoms with Crippen LogP contribution in [0.1, 0.15) is 11.6 Å². The fraction of sp³-hybridized carbons (Fsp3) is 0.143. The standard InChI is InChI=1S/C21H18N4O2S/c1-14-11-18(15-7-4-3-5-8-15)23-21(22-14)28-13-19-24-20(25-27-19)16-9-6-10-17(12-16)26-2/h3-12H,13H2,1-2H3. The molecule has 0 saturated carbocycles. The third-order valence-corrected chi connectivity index (χ3v) is 4.86. The summed E-state index contributed by atoms with van der Waals surface area (Å²) in [5.74, 6) is 2.30. The number of hydrogen-bond acceptors (Lipinski definition) is 7. The van der Waals surface area contributed by atoms with Gasteiger partial charge in [-0.1, -0.05) is 59.4 Å². The van der Waals surface area contributed by atoms with Gasteiger partial charge in [0.1, 0.15) is 5.75 Å². The average Bonchev–Trinajstić information content (AvgIpc) is 3.22. The number of rotatable bonds is 6. The van der Waals surface area contributed by atoms with Gasteiger partial charge in [0.2, 0.25) is 11.7 Å². The van der Waals surface area contributed by atoms with Crippen LogP contribution in [0.25, 0.3) is 22.6 Å². The van der Waals surface area contributed by atoms with Crippen LogP contribution in [0.4, 0.5) is 0 Å². The zero-order valence-corrected chi connectivity index (χ0v) is 16.3. The number of methoxy groups -OCH3 is 1. The third-order valence-electron chi connectivity index (χ3n) is 4.02. The minimum atomic E-state index is 0.495. The number of aryl methyl sites for hydroxylation is 1. The molecule has 28 heavy (non-hydrogen) atoms. The van der Waals surface area contributed by atoms with E-state index in [2.05, 4.69) is 20.1 Å². The van der Waals surface area contributed by atoms with E-state index in [-0.39, 0.29) is 0 Å². The van der Waals surface area contributed by atoms with E-state index < -0.39 is 0 Å². The van der Waals surface area contributed by atoms with Crippen LogP contribution in [0.3, 0.4) is 0 Å². The third kappa shape index (κ3) is 4.20. The summed E-state index contributed by atoms with van der Waals surface area (Å²) < 4.78 is 10.6. The highest BCUT2D eigenvalue weighted by Crippen LogP contribution is 2.25. The van der Waals surface area contributed by atoms with Gasteiger partial charge in [0.05, 0.1) is 18.6 Å². The van der Waals surface area contributed by atoms with Crippen LogP contribution in [0.15, 0.2) is 70.3 Å². The van der Waals surface area contributed by atoms with Crippen LogP contribution in [0.5, 0.6) is 5.75 Å². The van der Waals surface area contributed by atoms with Gasteiger partial charge < -0.3 is 9.26 Å². The number of aromatic nitrogens is 4. The number of thioether (sulfide) groups is 1. The molecule has 2 heterocycles. The summed E-state index contributed by atoms with van der Waals surface area (Å²) in [7, 11) is 1.63. The second kappa shape index (κ2) is 8.22. The van der Waals surface area contributed by atoms with Crippen molar-refractivity contribution in [2.45, 2.75) is 17.8 Å². The summed E-state index contributed by atoms with van der Waals surface area (Å²) in [6, 6.07) is 19.6. The Morgan fingerprint density at radius 1 is 0.929 bits per heavy atom. The number of ether oxygens (including phenoxy) is 1. The molecule has 7 heteroatoms. The topological polar surface area (TPSA) is 73.9 Å². The molecule has 2 aromatic heterocycles. The van der Waals surface area contributed by atoms with E-state index in [1.54, 1.807) is 7.11 Å². The first-order valence-corrected chi connectivity index (χ1v) is 9.71. The lowest BCUT2D eigenvalue weighted by atomic mass is 10.1. The van der Waals surface area contributed by atoms with Gasteiger partial charge >= 0.3 is 0 Å². The van der Waals surface area contributed by atoms with Crippen molar-refractivity contribution in [1.82, 2.24) is 20.1 Å². The molecular weight excluding hydrogens is 372 g/mol. The molecular formula is C21H18N4O2S. The largest absolute Gasteiger partial charge is 0.497 e. The number of benzene rings is 2. The van der Waals surface area contributed by atoms with Crippen molar-refractivity contribution >= 4 is 11.8 Å². The zero-order valence-electron chi connectivity index (χ0n) is 15.5. The summed E-state index contributed by atoms with van der Waals surface area (Å²) in [6.07, 6.45) is 0. The van der Waals surface area contributed by atoms with E-state index in [9.17, 15) is 0 Å². The molecule has 6 nitrogen and oxygen atoms in total. The molecule has 0 aliphatic carbocycles. The van der Waals surface area contributed by atoms with Gasteiger partial charge in [-0.3, -0.25) is 0 Å². The van der Waals surface area contributed by atoms with E-state index in [0.717, 1.165) is 28.3 Å². The Balaban J connectivity index is 1.49. The lowest BCUT2D eigenvalue weighted by Crippen LogP contribution is -1.94. The molecule has 140 valence electrons. The summed E-state index contributed by atoms with van der Waals surface area (Å²) >= 11 is 1.47. The maximum Gasteiger partial charge on any atom is 0.237 e. The molecule has 0 amide bonds. The van der Waals surface area contributed by atoms with Crippen molar-refractivity contribution in [3.63, 3.8) is 0 Å². The minimum absolute atomic E-state index is 0.495. The molecule has 0 N–H and O–H groups in total. The van der Waals surface area contributed by atoms with E-state index in [1.807, 2.05) is 67.6 Å². The van der Waals surface area contributed by atoms with E-state index in [1.165, 1.54) is 11.8 Å². The van der Waals surface area contributed by atoms with Gasteiger partial charge in [0.25, 0.3) is 0 Å². The Morgan fingerprint density at radius 2 is 1.75 bits per heavy atom. The minimum Gasteiger partial charge on any atom is -0.497 e. The maximum atomic E-state index is 5.38. The van der Waals surface area contributed by atoms with Crippen molar-refractivity contribution in [3.05, 3.63) is 72.2 Å². The van der Waals surface area contributed by atoms with Crippen molar-refractivity contribution in [3.8, 4) is 28.4 Å². The Kier molecular flexibility index (Phi) is 5.34. The Morgan fingerprint density at radius 3 is 2.57 bits per heavy atom. The molecule has 2 aromatic carbocycles. The fourth-order valence-electron chi connectivity index (χ4n) is 2.68. The first kappa shape index (κ1) is 18.2. The number of hydrogen-bond donors (Lipinski definition) is 0. The molecule has 0 spiro atoms. The first-order valence-electron chi connectivity index (χ1n) is 8.72. The van der Waals surface area contributed by atoms with Crippen molar-refractivity contribution in [2.75, 3.05) is 7.11 Å². The predicted molar refractivity (Wildman–Crippen MR) is 108 cm³/mol. The second-order valence-corrected chi connectivity index (χ2v) is 7.02. The normalized spacial score (nSPS) is 10.8. The Hall–Kier alpha value is -3.19. The molecule has 4 rings (SSSR count). The van der Waals surface area contributed by atoms with Crippen LogP contribution < -0.4 is 4.74 Å². The van der Waals surface area contributed by atoms with E-state index in [0.29, 0.717) is 22.6 Å². The molecule has 0 aliphatic heterocycles. The SMILES string of the molecule is COc1cccc(-c2noc(CSc3nc(C)cc(-c4ccccc4)n3)n2)c1. The smallest absolute Gasteiger partial charge is 0.237 e. The van der Waals surface area contributed by atoms with E-state index in [4.69, 9.17) is 9.26 Å². The highest BCUT2D eigenvalue weighted by Gasteiger charge is 2.12. The van der Waals surface area contributed by atoms with Crippen molar-refractivity contribution < 1.29 is 9.26 Å². The summed E-state index contributed by atoms with van der Waals surface area (Å²) in [5, 5.41) is 4.74. The quantitative estimate of drug-likeness (QED) is 0.346. The van der Waals surface area contributed by atoms with Crippen LogP contribution in [-0.2, 0) is 5.75 Å². The van der Waals surface area contributed by atoms with Crippen LogP contribution >= 0.6 is 11.8 Å². The summed E-state index contributed by atoms with van der Waals surface area (Å²) in [4.78, 5) is 13.6. The summed E-state index contributed by atoms with van der Waals surface area (Å²) in [6.45, 7) is 1.96. The lowest BCUT2D eigenvalue weighted by molar-refractivity contribution is 0.391. The molecule has 4 aromatic rings. The molecule has 0 unspecified atom stereocenters. The maximum absolute atomic E-state index is 5.38. The Bertz CT molecular complexity index is 1080. The monoisotopic (exact) mass is 390 g/mol. The average molecular weight is 390 g/mol. The van der Waals surface area contributed by atoms with Crippen LogP contribution in [-0.4, -0.2) is 27.2 Å². The molecule has 0 aliphatic rings. The van der Waals surface area contributed by atoms with Crippen LogP contribution in [0.2, 0.25) is 0 Å². The lowest BCUT2D eigenvalue weighted by Gasteiger charge is -2.05. The fourth-order valence-corrected chi connectivity index (χ4v) is 3.42. The summed E-state index contributed by atoms with van der Waals surface area (Å²) in [5.41, 5.74) is 3.72. The highest BCUT2D eigenvalue weighted by atomic mass is 32.2. The molecule has 0 saturated heterocycles. The first-order chi connectivity index (χ1) is 13.7. The van der Waals surface area contributed by atoms with Crippen molar-refractivity contribution in [2.24, 2.45) is 0 Å². The molecule has 0 radical (unpaired) electrons. The highest BCUT2D eigenvalue weighted by molar-refractivity contribution is 7.98. The molecule has 0 fully saturated rings. The predicted octanol–water partition coefficient (Wildman–Crippen LogP) is 4.80. The van der Waals surface area contributed by atoms with Crippen LogP contribution in [0, 0.1) is 6.92 Å². The van der Waals surface area contributed by atoms with Gasteiger partial charge in [-0.2, -0.15) is 4.98 Å². The van der Waals surface area contributed by atoms with Crippen molar-refractivity contribution in [1.29, 1.82) is 0 Å². The second-order valence-electron chi connectivity index (χ2n) is 6.08. The molecule has 0 atom stereocenters. The van der Waals surface area contributed by atoms with Gasteiger partial charge in [-0.25, -0.2) is 9.97 Å². The molecule has 0 bridgehead atoms. The van der Waals surface area contributed by atoms with Gasteiger partial charge in [-0.15, -0.1) is 0 Å². The zero-order chi connectivity index (χ0) is 19.3.